The van der Waals surface area contributed by atoms with Gasteiger partial charge in [0.25, 0.3) is 0 Å². The maximum absolute atomic E-state index is 12.2. The average Bonchev–Trinajstić information content (AvgIpc) is 3.26. The van der Waals surface area contributed by atoms with E-state index in [0.717, 1.165) is 16.4 Å². The number of nitrogens with zero attached hydrogens (tertiary/aromatic N) is 3. The number of ether oxygens (including phenoxy) is 3. The van der Waals surface area contributed by atoms with Gasteiger partial charge in [0.1, 0.15) is 17.0 Å². The van der Waals surface area contributed by atoms with Crippen LogP contribution in [-0.2, 0) is 11.3 Å². The Labute approximate surface area is 190 Å². The first-order chi connectivity index (χ1) is 16.1. The monoisotopic (exact) mass is 450 g/mol. The first-order valence-electron chi connectivity index (χ1n) is 10.4. The van der Waals surface area contributed by atoms with Crippen molar-refractivity contribution in [2.45, 2.75) is 6.54 Å². The molecule has 0 atom stereocenters. The summed E-state index contributed by atoms with van der Waals surface area (Å²) in [4.78, 5) is 21.0. The quantitative estimate of drug-likeness (QED) is 0.335. The summed E-state index contributed by atoms with van der Waals surface area (Å²) in [5, 5.41) is 6.50. The molecule has 2 amide bonds. The Kier molecular flexibility index (Phi) is 6.75. The maximum Gasteiger partial charge on any atom is 0.319 e. The molecule has 0 saturated carbocycles. The van der Waals surface area contributed by atoms with E-state index in [2.05, 4.69) is 20.6 Å². The maximum atomic E-state index is 12.2. The summed E-state index contributed by atoms with van der Waals surface area (Å²) >= 11 is 0. The predicted octanol–water partition coefficient (Wildman–Crippen LogP) is 3.02. The first-order valence-corrected chi connectivity index (χ1v) is 10.4. The van der Waals surface area contributed by atoms with Crippen molar-refractivity contribution >= 4 is 39.5 Å². The lowest BCUT2D eigenvalue weighted by Gasteiger charge is -2.12. The molecule has 4 N–H and O–H groups in total. The summed E-state index contributed by atoms with van der Waals surface area (Å²) in [6.45, 7) is 1.77. The minimum atomic E-state index is -0.350. The number of fused-ring (bicyclic) bond motifs is 3. The van der Waals surface area contributed by atoms with Crippen LogP contribution in [0.25, 0.3) is 21.9 Å². The molecule has 10 heteroatoms. The molecule has 0 spiro atoms. The summed E-state index contributed by atoms with van der Waals surface area (Å²) in [6, 6.07) is 12.6. The second-order valence-electron chi connectivity index (χ2n) is 7.21. The van der Waals surface area contributed by atoms with Crippen LogP contribution in [-0.4, -0.2) is 54.5 Å². The number of nitrogens with one attached hydrogen (secondary N) is 2. The number of benzene rings is 2. The van der Waals surface area contributed by atoms with Gasteiger partial charge in [0, 0.05) is 24.5 Å². The van der Waals surface area contributed by atoms with Crippen molar-refractivity contribution in [3.05, 3.63) is 48.8 Å². The fraction of sp³-hybridized carbons (Fsp3) is 0.261. The number of carbonyl (C=O) groups excluding carboxylic acids is 1. The van der Waals surface area contributed by atoms with Crippen molar-refractivity contribution < 1.29 is 19.0 Å². The lowest BCUT2D eigenvalue weighted by Crippen LogP contribution is -2.31. The molecule has 10 nitrogen and oxygen atoms in total. The molecular weight excluding hydrogens is 424 g/mol. The van der Waals surface area contributed by atoms with E-state index in [1.807, 2.05) is 28.8 Å². The van der Waals surface area contributed by atoms with Crippen molar-refractivity contribution in [2.24, 2.45) is 0 Å². The van der Waals surface area contributed by atoms with Crippen LogP contribution in [0, 0.1) is 0 Å². The van der Waals surface area contributed by atoms with E-state index in [1.165, 1.54) is 7.11 Å². The number of anilines is 2. The van der Waals surface area contributed by atoms with Crippen molar-refractivity contribution in [1.82, 2.24) is 19.9 Å². The van der Waals surface area contributed by atoms with Gasteiger partial charge in [0.15, 0.2) is 5.82 Å². The molecule has 2 aromatic heterocycles. The van der Waals surface area contributed by atoms with E-state index >= 15 is 0 Å². The molecule has 0 aliphatic rings. The Balaban J connectivity index is 1.26. The van der Waals surface area contributed by atoms with Crippen molar-refractivity contribution in [2.75, 3.05) is 45.0 Å². The molecule has 0 fully saturated rings. The smallest absolute Gasteiger partial charge is 0.319 e. The van der Waals surface area contributed by atoms with Gasteiger partial charge in [-0.2, -0.15) is 0 Å². The number of methoxy groups -OCH3 is 2. The largest absolute Gasteiger partial charge is 0.497 e. The fourth-order valence-corrected chi connectivity index (χ4v) is 3.55. The lowest BCUT2D eigenvalue weighted by atomic mass is 10.2. The molecule has 0 aliphatic heterocycles. The molecule has 0 saturated heterocycles. The summed E-state index contributed by atoms with van der Waals surface area (Å²) in [5.41, 5.74) is 9.06. The van der Waals surface area contributed by atoms with Gasteiger partial charge in [-0.3, -0.25) is 0 Å². The zero-order valence-electron chi connectivity index (χ0n) is 18.5. The zero-order valence-corrected chi connectivity index (χ0v) is 18.5. The number of hydrogen-bond donors (Lipinski definition) is 3. The third-order valence-corrected chi connectivity index (χ3v) is 5.15. The summed E-state index contributed by atoms with van der Waals surface area (Å²) in [6.07, 6.45) is 1.74. The van der Waals surface area contributed by atoms with Crippen LogP contribution >= 0.6 is 0 Å². The predicted molar refractivity (Wildman–Crippen MR) is 127 cm³/mol. The van der Waals surface area contributed by atoms with Crippen LogP contribution in [0.4, 0.5) is 16.3 Å². The number of carbonyl (C=O) groups is 1. The van der Waals surface area contributed by atoms with Gasteiger partial charge in [0.2, 0.25) is 0 Å². The van der Waals surface area contributed by atoms with Gasteiger partial charge in [-0.1, -0.05) is 18.2 Å². The number of pyridine rings is 1. The second kappa shape index (κ2) is 10.0. The normalized spacial score (nSPS) is 11.0. The lowest BCUT2D eigenvalue weighted by molar-refractivity contribution is 0.130. The van der Waals surface area contributed by atoms with E-state index in [-0.39, 0.29) is 6.03 Å². The van der Waals surface area contributed by atoms with Crippen LogP contribution in [0.1, 0.15) is 0 Å². The molecule has 4 rings (SSSR count). The second-order valence-corrected chi connectivity index (χ2v) is 7.21. The Morgan fingerprint density at radius 3 is 2.79 bits per heavy atom. The third kappa shape index (κ3) is 4.90. The van der Waals surface area contributed by atoms with Gasteiger partial charge in [0.05, 0.1) is 50.5 Å². The Morgan fingerprint density at radius 1 is 1.12 bits per heavy atom. The molecule has 0 radical (unpaired) electrons. The number of aromatic nitrogens is 3. The number of imidazole rings is 1. The molecule has 172 valence electrons. The third-order valence-electron chi connectivity index (χ3n) is 5.15. The molecular formula is C23H26N6O4. The molecule has 2 aromatic carbocycles. The number of rotatable bonds is 9. The highest BCUT2D eigenvalue weighted by Crippen LogP contribution is 2.29. The standard InChI is InChI=1S/C23H26N6O4/c1-31-15-7-8-18(19(13-15)32-2)28-23(30)25-9-11-33-12-10-29-14-26-20-21(29)16-5-3-4-6-17(16)27-22(20)24/h3-8,13-14H,9-12H2,1-2H3,(H2,24,27)(H2,25,28,30). The van der Waals surface area contributed by atoms with Gasteiger partial charge in [-0.05, 0) is 18.2 Å². The van der Waals surface area contributed by atoms with Crippen molar-refractivity contribution in [3.63, 3.8) is 0 Å². The van der Waals surface area contributed by atoms with Crippen LogP contribution in [0.3, 0.4) is 0 Å². The number of nitrogens with two attached hydrogens (primary N) is 1. The zero-order chi connectivity index (χ0) is 23.2. The minimum Gasteiger partial charge on any atom is -0.497 e. The fourth-order valence-electron chi connectivity index (χ4n) is 3.55. The van der Waals surface area contributed by atoms with Gasteiger partial charge < -0.3 is 35.1 Å². The molecule has 33 heavy (non-hydrogen) atoms. The molecule has 0 aliphatic carbocycles. The average molecular weight is 450 g/mol. The minimum absolute atomic E-state index is 0.350. The van der Waals surface area contributed by atoms with Crippen LogP contribution in [0.2, 0.25) is 0 Å². The van der Waals surface area contributed by atoms with Gasteiger partial charge >= 0.3 is 6.03 Å². The van der Waals surface area contributed by atoms with Gasteiger partial charge in [-0.25, -0.2) is 14.8 Å². The topological polar surface area (TPSA) is 126 Å². The van der Waals surface area contributed by atoms with Crippen LogP contribution < -0.4 is 25.8 Å². The number of hydrogen-bond acceptors (Lipinski definition) is 7. The molecule has 0 unspecified atom stereocenters. The molecule has 0 bridgehead atoms. The van der Waals surface area contributed by atoms with Gasteiger partial charge in [-0.15, -0.1) is 0 Å². The van der Waals surface area contributed by atoms with Crippen molar-refractivity contribution in [1.29, 1.82) is 0 Å². The van der Waals surface area contributed by atoms with E-state index in [1.54, 1.807) is 31.6 Å². The van der Waals surface area contributed by atoms with E-state index in [9.17, 15) is 4.79 Å². The SMILES string of the molecule is COc1ccc(NC(=O)NCCOCCn2cnc3c(N)nc4ccccc4c32)c(OC)c1. The van der Waals surface area contributed by atoms with E-state index in [4.69, 9.17) is 19.9 Å². The Morgan fingerprint density at radius 2 is 1.97 bits per heavy atom. The van der Waals surface area contributed by atoms with Crippen LogP contribution in [0.5, 0.6) is 11.5 Å². The Bertz CT molecular complexity index is 1270. The van der Waals surface area contributed by atoms with Crippen molar-refractivity contribution in [3.8, 4) is 11.5 Å². The molecule has 2 heterocycles. The van der Waals surface area contributed by atoms with E-state index < -0.39 is 0 Å². The molecule has 4 aromatic rings. The number of para-hydroxylation sites is 1. The highest BCUT2D eigenvalue weighted by Gasteiger charge is 2.12. The number of amides is 2. The van der Waals surface area contributed by atoms with E-state index in [0.29, 0.717) is 54.8 Å². The summed E-state index contributed by atoms with van der Waals surface area (Å²) < 4.78 is 18.1. The summed E-state index contributed by atoms with van der Waals surface area (Å²) in [7, 11) is 3.10. The summed E-state index contributed by atoms with van der Waals surface area (Å²) in [5.74, 6) is 1.56. The number of nitrogen functional groups attached to an aromatic ring is 1. The Hall–Kier alpha value is -4.05. The first kappa shape index (κ1) is 22.2. The highest BCUT2D eigenvalue weighted by molar-refractivity contribution is 6.06. The van der Waals surface area contributed by atoms with Crippen LogP contribution in [0.15, 0.2) is 48.8 Å². The highest BCUT2D eigenvalue weighted by atomic mass is 16.5. The number of urea groups is 1.